The second kappa shape index (κ2) is 8.84. The molecule has 1 amide bonds. The first kappa shape index (κ1) is 22.4. The van der Waals surface area contributed by atoms with Gasteiger partial charge in [0, 0.05) is 16.8 Å². The molecule has 0 unspecified atom stereocenters. The number of carbonyl (C=O) groups is 1. The molecule has 1 N–H and O–H groups in total. The van der Waals surface area contributed by atoms with Crippen LogP contribution in [-0.4, -0.2) is 28.7 Å². The molecule has 0 atom stereocenters. The molecule has 1 aromatic carbocycles. The molecule has 31 heavy (non-hydrogen) atoms. The lowest BCUT2D eigenvalue weighted by Crippen LogP contribution is -2.20. The number of amides is 1. The van der Waals surface area contributed by atoms with Crippen LogP contribution in [0.2, 0.25) is 5.02 Å². The lowest BCUT2D eigenvalue weighted by atomic mass is 10.0. The third-order valence-corrected chi connectivity index (χ3v) is 4.46. The normalized spacial score (nSPS) is 11.3. The number of anilines is 1. The summed E-state index contributed by atoms with van der Waals surface area (Å²) in [5.74, 6) is -3.94. The maximum absolute atomic E-state index is 13.8. The smallest absolute Gasteiger partial charge is 0.422 e. The number of rotatable bonds is 5. The van der Waals surface area contributed by atoms with Crippen molar-refractivity contribution in [2.75, 3.05) is 11.9 Å². The van der Waals surface area contributed by atoms with Crippen molar-refractivity contribution in [1.29, 1.82) is 0 Å². The van der Waals surface area contributed by atoms with Gasteiger partial charge in [0.1, 0.15) is 11.4 Å². The van der Waals surface area contributed by atoms with Gasteiger partial charge in [-0.15, -0.1) is 0 Å². The Balaban J connectivity index is 1.99. The van der Waals surface area contributed by atoms with E-state index in [2.05, 4.69) is 15.3 Å². The van der Waals surface area contributed by atoms with Gasteiger partial charge in [-0.2, -0.15) is 17.6 Å². The summed E-state index contributed by atoms with van der Waals surface area (Å²) in [5.41, 5.74) is 0.198. The zero-order valence-electron chi connectivity index (χ0n) is 15.7. The van der Waals surface area contributed by atoms with Crippen LogP contribution in [0.25, 0.3) is 11.1 Å². The van der Waals surface area contributed by atoms with Gasteiger partial charge in [0.15, 0.2) is 6.61 Å². The van der Waals surface area contributed by atoms with Gasteiger partial charge >= 0.3 is 6.18 Å². The van der Waals surface area contributed by atoms with Crippen LogP contribution in [-0.2, 0) is 0 Å². The van der Waals surface area contributed by atoms with E-state index in [-0.39, 0.29) is 17.1 Å². The molecule has 0 bridgehead atoms. The molecule has 2 heterocycles. The second-order valence-electron chi connectivity index (χ2n) is 6.36. The van der Waals surface area contributed by atoms with E-state index in [0.29, 0.717) is 16.1 Å². The standard InChI is InChI=1S/C20H13ClF5N3O2/c1-10-6-11(2-3-14(10)21)13-7-12(8-28-19(13)31-9-20(24,25)26)29-18(30)16-15(22)4-5-27-17(16)23/h2-8H,9H2,1H3,(H,29,30). The van der Waals surface area contributed by atoms with E-state index in [1.807, 2.05) is 0 Å². The van der Waals surface area contributed by atoms with Crippen molar-refractivity contribution in [2.24, 2.45) is 0 Å². The van der Waals surface area contributed by atoms with E-state index >= 15 is 0 Å². The van der Waals surface area contributed by atoms with Crippen molar-refractivity contribution in [3.05, 3.63) is 70.6 Å². The molecule has 0 aliphatic carbocycles. The quantitative estimate of drug-likeness (QED) is 0.401. The third-order valence-electron chi connectivity index (χ3n) is 4.03. The molecule has 11 heteroatoms. The molecule has 162 valence electrons. The van der Waals surface area contributed by atoms with Crippen molar-refractivity contribution in [3.8, 4) is 17.0 Å². The van der Waals surface area contributed by atoms with Crippen LogP contribution in [0.1, 0.15) is 15.9 Å². The molecule has 0 saturated heterocycles. The second-order valence-corrected chi connectivity index (χ2v) is 6.76. The predicted molar refractivity (Wildman–Crippen MR) is 103 cm³/mol. The summed E-state index contributed by atoms with van der Waals surface area (Å²) in [6.07, 6.45) is -2.74. The minimum atomic E-state index is -4.60. The third kappa shape index (κ3) is 5.46. The Labute approximate surface area is 177 Å². The van der Waals surface area contributed by atoms with Crippen molar-refractivity contribution in [2.45, 2.75) is 13.1 Å². The highest BCUT2D eigenvalue weighted by Crippen LogP contribution is 2.34. The van der Waals surface area contributed by atoms with Crippen LogP contribution >= 0.6 is 11.6 Å². The highest BCUT2D eigenvalue weighted by Gasteiger charge is 2.29. The van der Waals surface area contributed by atoms with Gasteiger partial charge in [-0.25, -0.2) is 14.4 Å². The van der Waals surface area contributed by atoms with Gasteiger partial charge in [-0.1, -0.05) is 17.7 Å². The van der Waals surface area contributed by atoms with Gasteiger partial charge in [0.2, 0.25) is 11.8 Å². The van der Waals surface area contributed by atoms with Crippen molar-refractivity contribution >= 4 is 23.2 Å². The fraction of sp³-hybridized carbons (Fsp3) is 0.150. The molecular weight excluding hydrogens is 445 g/mol. The Morgan fingerprint density at radius 2 is 1.90 bits per heavy atom. The minimum Gasteiger partial charge on any atom is -0.468 e. The molecular formula is C20H13ClF5N3O2. The van der Waals surface area contributed by atoms with E-state index < -0.39 is 36.0 Å². The number of aryl methyl sites for hydroxylation is 1. The number of halogens is 6. The van der Waals surface area contributed by atoms with Gasteiger partial charge in [0.25, 0.3) is 5.91 Å². The number of aromatic nitrogens is 2. The van der Waals surface area contributed by atoms with Crippen LogP contribution in [0, 0.1) is 18.7 Å². The van der Waals surface area contributed by atoms with E-state index in [1.54, 1.807) is 13.0 Å². The number of nitrogens with one attached hydrogen (secondary N) is 1. The average molecular weight is 458 g/mol. The maximum atomic E-state index is 13.8. The Kier molecular flexibility index (Phi) is 6.40. The molecule has 3 rings (SSSR count). The highest BCUT2D eigenvalue weighted by molar-refractivity contribution is 6.31. The van der Waals surface area contributed by atoms with E-state index in [0.717, 1.165) is 18.5 Å². The summed E-state index contributed by atoms with van der Waals surface area (Å²) in [6.45, 7) is 0.104. The number of carbonyl (C=O) groups excluding carboxylic acids is 1. The van der Waals surface area contributed by atoms with Crippen LogP contribution in [0.15, 0.2) is 42.7 Å². The number of ether oxygens (including phenoxy) is 1. The SMILES string of the molecule is Cc1cc(-c2cc(NC(=O)c3c(F)ccnc3F)cnc2OCC(F)(F)F)ccc1Cl. The first-order valence-corrected chi connectivity index (χ1v) is 9.00. The Morgan fingerprint density at radius 3 is 2.55 bits per heavy atom. The molecule has 0 aliphatic rings. The van der Waals surface area contributed by atoms with Crippen LogP contribution < -0.4 is 10.1 Å². The Morgan fingerprint density at radius 1 is 1.16 bits per heavy atom. The molecule has 0 spiro atoms. The first-order valence-electron chi connectivity index (χ1n) is 8.62. The molecule has 0 saturated carbocycles. The molecule has 2 aromatic heterocycles. The number of hydrogen-bond acceptors (Lipinski definition) is 4. The summed E-state index contributed by atoms with van der Waals surface area (Å²) in [5, 5.41) is 2.68. The Bertz CT molecular complexity index is 1120. The number of alkyl halides is 3. The van der Waals surface area contributed by atoms with Crippen molar-refractivity contribution in [1.82, 2.24) is 9.97 Å². The van der Waals surface area contributed by atoms with Crippen LogP contribution in [0.3, 0.4) is 0 Å². The van der Waals surface area contributed by atoms with Crippen LogP contribution in [0.5, 0.6) is 5.88 Å². The number of pyridine rings is 2. The maximum Gasteiger partial charge on any atom is 0.422 e. The lowest BCUT2D eigenvalue weighted by molar-refractivity contribution is -0.154. The van der Waals surface area contributed by atoms with Gasteiger partial charge in [-0.3, -0.25) is 4.79 Å². The summed E-state index contributed by atoms with van der Waals surface area (Å²) < 4.78 is 70.2. The van der Waals surface area contributed by atoms with E-state index in [4.69, 9.17) is 16.3 Å². The van der Waals surface area contributed by atoms with Crippen molar-refractivity contribution in [3.63, 3.8) is 0 Å². The minimum absolute atomic E-state index is 0.0328. The van der Waals surface area contributed by atoms with Gasteiger partial charge < -0.3 is 10.1 Å². The van der Waals surface area contributed by atoms with E-state index in [9.17, 15) is 26.7 Å². The fourth-order valence-electron chi connectivity index (χ4n) is 2.62. The summed E-state index contributed by atoms with van der Waals surface area (Å²) >= 11 is 6.00. The molecule has 0 radical (unpaired) electrons. The lowest BCUT2D eigenvalue weighted by Gasteiger charge is -2.15. The zero-order valence-corrected chi connectivity index (χ0v) is 16.5. The highest BCUT2D eigenvalue weighted by atomic mass is 35.5. The number of benzene rings is 1. The topological polar surface area (TPSA) is 64.1 Å². The van der Waals surface area contributed by atoms with Crippen molar-refractivity contribution < 1.29 is 31.5 Å². The van der Waals surface area contributed by atoms with E-state index in [1.165, 1.54) is 18.2 Å². The zero-order chi connectivity index (χ0) is 22.8. The molecule has 0 fully saturated rings. The first-order chi connectivity index (χ1) is 14.5. The Hall–Kier alpha value is -3.27. The van der Waals surface area contributed by atoms with Gasteiger partial charge in [-0.05, 0) is 42.3 Å². The fourth-order valence-corrected chi connectivity index (χ4v) is 2.73. The van der Waals surface area contributed by atoms with Crippen LogP contribution in [0.4, 0.5) is 27.6 Å². The predicted octanol–water partition coefficient (Wildman–Crippen LogP) is 5.58. The average Bonchev–Trinajstić information content (AvgIpc) is 2.68. The molecule has 3 aromatic rings. The summed E-state index contributed by atoms with van der Waals surface area (Å²) in [7, 11) is 0. The number of nitrogens with zero attached hydrogens (tertiary/aromatic N) is 2. The summed E-state index contributed by atoms with van der Waals surface area (Å²) in [4.78, 5) is 19.3. The summed E-state index contributed by atoms with van der Waals surface area (Å²) in [6, 6.07) is 6.73. The van der Waals surface area contributed by atoms with Gasteiger partial charge in [0.05, 0.1) is 11.9 Å². The molecule has 5 nitrogen and oxygen atoms in total. The largest absolute Gasteiger partial charge is 0.468 e. The monoisotopic (exact) mass is 457 g/mol. The number of hydrogen-bond donors (Lipinski definition) is 1. The molecule has 0 aliphatic heterocycles.